The number of rotatable bonds is 5. The summed E-state index contributed by atoms with van der Waals surface area (Å²) in [4.78, 5) is 23.9. The zero-order valence-corrected chi connectivity index (χ0v) is 13.0. The van der Waals surface area contributed by atoms with E-state index in [1.807, 2.05) is 6.92 Å². The molecule has 0 aromatic carbocycles. The molecule has 0 spiro atoms. The average molecular weight is 316 g/mol. The summed E-state index contributed by atoms with van der Waals surface area (Å²) >= 11 is 0. The van der Waals surface area contributed by atoms with Gasteiger partial charge in [-0.2, -0.15) is 0 Å². The van der Waals surface area contributed by atoms with E-state index < -0.39 is 0 Å². The second-order valence-electron chi connectivity index (χ2n) is 5.75. The Labute approximate surface area is 134 Å². The van der Waals surface area contributed by atoms with Gasteiger partial charge < -0.3 is 19.0 Å². The van der Waals surface area contributed by atoms with Crippen LogP contribution in [0.15, 0.2) is 45.7 Å². The van der Waals surface area contributed by atoms with Crippen LogP contribution in [-0.2, 0) is 11.3 Å². The van der Waals surface area contributed by atoms with Crippen molar-refractivity contribution in [2.75, 3.05) is 6.61 Å². The lowest BCUT2D eigenvalue weighted by molar-refractivity contribution is 0.0695. The fourth-order valence-corrected chi connectivity index (χ4v) is 2.71. The number of furan rings is 1. The van der Waals surface area contributed by atoms with E-state index in [-0.39, 0.29) is 29.4 Å². The molecule has 6 nitrogen and oxygen atoms in total. The number of hydrogen-bond acceptors (Lipinski definition) is 4. The Balaban J connectivity index is 1.63. The number of pyridine rings is 1. The van der Waals surface area contributed by atoms with Gasteiger partial charge in [0.15, 0.2) is 5.76 Å². The Morgan fingerprint density at radius 3 is 3.00 bits per heavy atom. The molecule has 1 amide bonds. The Bertz CT molecular complexity index is 728. The first kappa shape index (κ1) is 15.6. The van der Waals surface area contributed by atoms with Gasteiger partial charge in [-0.3, -0.25) is 9.59 Å². The van der Waals surface area contributed by atoms with Crippen LogP contribution in [0, 0.1) is 0 Å². The van der Waals surface area contributed by atoms with Gasteiger partial charge in [0.25, 0.3) is 11.5 Å². The van der Waals surface area contributed by atoms with E-state index in [1.165, 1.54) is 10.6 Å². The van der Waals surface area contributed by atoms with Gasteiger partial charge in [-0.05, 0) is 38.0 Å². The summed E-state index contributed by atoms with van der Waals surface area (Å²) in [6, 6.07) is 8.23. The first-order valence-electron chi connectivity index (χ1n) is 7.80. The monoisotopic (exact) mass is 316 g/mol. The lowest BCUT2D eigenvalue weighted by Gasteiger charge is -2.19. The number of amides is 1. The molecule has 1 N–H and O–H groups in total. The topological polar surface area (TPSA) is 73.5 Å². The van der Waals surface area contributed by atoms with Gasteiger partial charge in [-0.25, -0.2) is 0 Å². The van der Waals surface area contributed by atoms with E-state index in [0.717, 1.165) is 19.4 Å². The van der Waals surface area contributed by atoms with Crippen molar-refractivity contribution in [3.8, 4) is 0 Å². The van der Waals surface area contributed by atoms with Crippen molar-refractivity contribution < 1.29 is 13.9 Å². The molecule has 2 aromatic rings. The molecule has 1 fully saturated rings. The molecule has 0 unspecified atom stereocenters. The summed E-state index contributed by atoms with van der Waals surface area (Å²) < 4.78 is 12.6. The summed E-state index contributed by atoms with van der Waals surface area (Å²) in [7, 11) is 0. The SMILES string of the molecule is C[C@H](NC(=O)c1ccc(Cn2ccccc2=O)o1)[C@@H]1CCCO1. The Kier molecular flexibility index (Phi) is 4.62. The summed E-state index contributed by atoms with van der Waals surface area (Å²) in [6.07, 6.45) is 3.74. The predicted molar refractivity (Wildman–Crippen MR) is 84.4 cm³/mol. The maximum atomic E-state index is 12.2. The van der Waals surface area contributed by atoms with Crippen molar-refractivity contribution in [3.63, 3.8) is 0 Å². The second-order valence-corrected chi connectivity index (χ2v) is 5.75. The number of nitrogens with one attached hydrogen (secondary N) is 1. The molecule has 1 aliphatic heterocycles. The van der Waals surface area contributed by atoms with E-state index in [2.05, 4.69) is 5.32 Å². The highest BCUT2D eigenvalue weighted by molar-refractivity contribution is 5.91. The quantitative estimate of drug-likeness (QED) is 0.912. The third-order valence-electron chi connectivity index (χ3n) is 3.99. The molecule has 2 aromatic heterocycles. The molecular weight excluding hydrogens is 296 g/mol. The van der Waals surface area contributed by atoms with Crippen molar-refractivity contribution in [1.82, 2.24) is 9.88 Å². The zero-order valence-electron chi connectivity index (χ0n) is 13.0. The molecule has 1 aliphatic rings. The number of aromatic nitrogens is 1. The van der Waals surface area contributed by atoms with Gasteiger partial charge in [-0.15, -0.1) is 0 Å². The lowest BCUT2D eigenvalue weighted by Crippen LogP contribution is -2.40. The molecule has 0 aliphatic carbocycles. The minimum Gasteiger partial charge on any atom is -0.454 e. The summed E-state index contributed by atoms with van der Waals surface area (Å²) in [5.74, 6) is 0.543. The highest BCUT2D eigenvalue weighted by Gasteiger charge is 2.24. The van der Waals surface area contributed by atoms with Crippen molar-refractivity contribution >= 4 is 5.91 Å². The first-order chi connectivity index (χ1) is 11.1. The minimum atomic E-state index is -0.264. The normalized spacial score (nSPS) is 18.7. The van der Waals surface area contributed by atoms with Crippen molar-refractivity contribution in [3.05, 3.63) is 58.4 Å². The molecule has 0 bridgehead atoms. The van der Waals surface area contributed by atoms with Crippen LogP contribution in [0.2, 0.25) is 0 Å². The first-order valence-corrected chi connectivity index (χ1v) is 7.80. The summed E-state index contributed by atoms with van der Waals surface area (Å²) in [5, 5.41) is 2.90. The Morgan fingerprint density at radius 2 is 2.26 bits per heavy atom. The maximum Gasteiger partial charge on any atom is 0.287 e. The van der Waals surface area contributed by atoms with E-state index in [9.17, 15) is 9.59 Å². The van der Waals surface area contributed by atoms with Crippen molar-refractivity contribution in [2.45, 2.75) is 38.5 Å². The highest BCUT2D eigenvalue weighted by Crippen LogP contribution is 2.16. The molecule has 6 heteroatoms. The number of ether oxygens (including phenoxy) is 1. The smallest absolute Gasteiger partial charge is 0.287 e. The second kappa shape index (κ2) is 6.83. The van der Waals surface area contributed by atoms with Crippen LogP contribution in [0.1, 0.15) is 36.1 Å². The number of nitrogens with zero attached hydrogens (tertiary/aromatic N) is 1. The molecule has 2 atom stereocenters. The largest absolute Gasteiger partial charge is 0.454 e. The standard InChI is InChI=1S/C17H20N2O4/c1-12(14-5-4-10-22-14)18-17(21)15-8-7-13(23-15)11-19-9-3-2-6-16(19)20/h2-3,6-9,12,14H,4-5,10-11H2,1H3,(H,18,21)/t12-,14-/m0/s1. The molecule has 3 heterocycles. The van der Waals surface area contributed by atoms with Gasteiger partial charge in [0, 0.05) is 18.9 Å². The molecular formula is C17H20N2O4. The van der Waals surface area contributed by atoms with E-state index in [0.29, 0.717) is 12.3 Å². The third kappa shape index (κ3) is 3.71. The van der Waals surface area contributed by atoms with Gasteiger partial charge in [0.1, 0.15) is 5.76 Å². The molecule has 3 rings (SSSR count). The molecule has 122 valence electrons. The number of hydrogen-bond donors (Lipinski definition) is 1. The average Bonchev–Trinajstić information content (AvgIpc) is 3.21. The Hall–Kier alpha value is -2.34. The number of carbonyl (C=O) groups excluding carboxylic acids is 1. The third-order valence-corrected chi connectivity index (χ3v) is 3.99. The van der Waals surface area contributed by atoms with Gasteiger partial charge in [-0.1, -0.05) is 6.07 Å². The van der Waals surface area contributed by atoms with Crippen molar-refractivity contribution in [1.29, 1.82) is 0 Å². The van der Waals surface area contributed by atoms with E-state index in [4.69, 9.17) is 9.15 Å². The fourth-order valence-electron chi connectivity index (χ4n) is 2.71. The lowest BCUT2D eigenvalue weighted by atomic mass is 10.1. The highest BCUT2D eigenvalue weighted by atomic mass is 16.5. The summed E-state index contributed by atoms with van der Waals surface area (Å²) in [5.41, 5.74) is -0.109. The summed E-state index contributed by atoms with van der Waals surface area (Å²) in [6.45, 7) is 2.98. The van der Waals surface area contributed by atoms with E-state index >= 15 is 0 Å². The van der Waals surface area contributed by atoms with Crippen LogP contribution in [-0.4, -0.2) is 29.2 Å². The molecule has 23 heavy (non-hydrogen) atoms. The molecule has 0 saturated carbocycles. The van der Waals surface area contributed by atoms with Crippen molar-refractivity contribution in [2.24, 2.45) is 0 Å². The number of carbonyl (C=O) groups is 1. The van der Waals surface area contributed by atoms with Crippen LogP contribution < -0.4 is 10.9 Å². The molecule has 0 radical (unpaired) electrons. The predicted octanol–water partition coefficient (Wildman–Crippen LogP) is 1.79. The van der Waals surface area contributed by atoms with Crippen LogP contribution in [0.5, 0.6) is 0 Å². The van der Waals surface area contributed by atoms with Crippen LogP contribution in [0.4, 0.5) is 0 Å². The zero-order chi connectivity index (χ0) is 16.2. The van der Waals surface area contributed by atoms with Crippen LogP contribution in [0.3, 0.4) is 0 Å². The molecule has 1 saturated heterocycles. The fraction of sp³-hybridized carbons (Fsp3) is 0.412. The van der Waals surface area contributed by atoms with E-state index in [1.54, 1.807) is 30.5 Å². The van der Waals surface area contributed by atoms with Crippen LogP contribution in [0.25, 0.3) is 0 Å². The maximum absolute atomic E-state index is 12.2. The Morgan fingerprint density at radius 1 is 1.39 bits per heavy atom. The van der Waals surface area contributed by atoms with Gasteiger partial charge in [0.2, 0.25) is 0 Å². The van der Waals surface area contributed by atoms with Gasteiger partial charge in [0.05, 0.1) is 18.7 Å². The minimum absolute atomic E-state index is 0.0599. The van der Waals surface area contributed by atoms with Crippen LogP contribution >= 0.6 is 0 Å². The van der Waals surface area contributed by atoms with Gasteiger partial charge >= 0.3 is 0 Å².